The second-order valence-corrected chi connectivity index (χ2v) is 4.33. The molecule has 3 nitrogen and oxygen atoms in total. The van der Waals surface area contributed by atoms with Crippen molar-refractivity contribution in [2.75, 3.05) is 0 Å². The van der Waals surface area contributed by atoms with Crippen LogP contribution < -0.4 is 11.3 Å². The lowest BCUT2D eigenvalue weighted by atomic mass is 10.0. The monoisotopic (exact) mass is 216 g/mol. The average molecular weight is 216 g/mol. The van der Waals surface area contributed by atoms with E-state index in [9.17, 15) is 4.79 Å². The molecule has 0 saturated carbocycles. The highest BCUT2D eigenvalue weighted by Crippen LogP contribution is 2.20. The largest absolute Gasteiger partial charge is 0.324 e. The molecule has 1 unspecified atom stereocenters. The summed E-state index contributed by atoms with van der Waals surface area (Å²) in [6.45, 7) is 5.84. The SMILES string of the molecule is Cc1ccc(C)c2[nH]c(=O)c(C(C)N)cc12. The molecule has 0 spiro atoms. The molecule has 84 valence electrons. The molecule has 16 heavy (non-hydrogen) atoms. The van der Waals surface area contributed by atoms with Crippen molar-refractivity contribution in [3.05, 3.63) is 45.2 Å². The average Bonchev–Trinajstić information content (AvgIpc) is 2.23. The van der Waals surface area contributed by atoms with Crippen LogP contribution in [0.5, 0.6) is 0 Å². The van der Waals surface area contributed by atoms with E-state index in [0.717, 1.165) is 22.0 Å². The van der Waals surface area contributed by atoms with Gasteiger partial charge in [0.25, 0.3) is 5.56 Å². The van der Waals surface area contributed by atoms with Crippen molar-refractivity contribution < 1.29 is 0 Å². The molecule has 3 N–H and O–H groups in total. The minimum absolute atomic E-state index is 0.0869. The Bertz CT molecular complexity index is 597. The molecule has 0 radical (unpaired) electrons. The van der Waals surface area contributed by atoms with Gasteiger partial charge in [-0.3, -0.25) is 4.79 Å². The number of rotatable bonds is 1. The van der Waals surface area contributed by atoms with E-state index in [1.54, 1.807) is 0 Å². The molecule has 3 heteroatoms. The van der Waals surface area contributed by atoms with Crippen LogP contribution in [0.4, 0.5) is 0 Å². The highest BCUT2D eigenvalue weighted by atomic mass is 16.1. The Morgan fingerprint density at radius 2 is 1.88 bits per heavy atom. The van der Waals surface area contributed by atoms with Crippen molar-refractivity contribution in [1.29, 1.82) is 0 Å². The summed E-state index contributed by atoms with van der Waals surface area (Å²) in [7, 11) is 0. The smallest absolute Gasteiger partial charge is 0.253 e. The van der Waals surface area contributed by atoms with Gasteiger partial charge in [-0.1, -0.05) is 12.1 Å². The van der Waals surface area contributed by atoms with Crippen LogP contribution in [0.25, 0.3) is 10.9 Å². The molecule has 1 aromatic heterocycles. The van der Waals surface area contributed by atoms with E-state index in [1.807, 2.05) is 32.9 Å². The van der Waals surface area contributed by atoms with Gasteiger partial charge in [0.2, 0.25) is 0 Å². The molecular weight excluding hydrogens is 200 g/mol. The number of H-pyrrole nitrogens is 1. The van der Waals surface area contributed by atoms with Gasteiger partial charge in [0.1, 0.15) is 0 Å². The molecule has 1 aromatic carbocycles. The lowest BCUT2D eigenvalue weighted by molar-refractivity contribution is 0.803. The lowest BCUT2D eigenvalue weighted by Gasteiger charge is -2.09. The fourth-order valence-corrected chi connectivity index (χ4v) is 1.93. The van der Waals surface area contributed by atoms with E-state index < -0.39 is 0 Å². The van der Waals surface area contributed by atoms with Crippen LogP contribution in [0, 0.1) is 13.8 Å². The first kappa shape index (κ1) is 10.9. The second-order valence-electron chi connectivity index (χ2n) is 4.33. The van der Waals surface area contributed by atoms with Crippen molar-refractivity contribution >= 4 is 10.9 Å². The van der Waals surface area contributed by atoms with Crippen LogP contribution in [-0.2, 0) is 0 Å². The summed E-state index contributed by atoms with van der Waals surface area (Å²) >= 11 is 0. The van der Waals surface area contributed by atoms with Gasteiger partial charge in [-0.05, 0) is 38.0 Å². The van der Waals surface area contributed by atoms with Crippen LogP contribution >= 0.6 is 0 Å². The third-order valence-electron chi connectivity index (χ3n) is 2.96. The number of hydrogen-bond acceptors (Lipinski definition) is 2. The summed E-state index contributed by atoms with van der Waals surface area (Å²) in [5.74, 6) is 0. The van der Waals surface area contributed by atoms with E-state index in [4.69, 9.17) is 5.73 Å². The van der Waals surface area contributed by atoms with Crippen LogP contribution in [0.2, 0.25) is 0 Å². The Labute approximate surface area is 94.3 Å². The zero-order valence-corrected chi connectivity index (χ0v) is 9.79. The Morgan fingerprint density at radius 3 is 2.50 bits per heavy atom. The molecule has 0 amide bonds. The second kappa shape index (κ2) is 3.76. The number of fused-ring (bicyclic) bond motifs is 1. The van der Waals surface area contributed by atoms with Crippen molar-refractivity contribution in [2.24, 2.45) is 5.73 Å². The summed E-state index contributed by atoms with van der Waals surface area (Å²) < 4.78 is 0. The predicted octanol–water partition coefficient (Wildman–Crippen LogP) is 2.16. The van der Waals surface area contributed by atoms with Crippen molar-refractivity contribution in [1.82, 2.24) is 4.98 Å². The predicted molar refractivity (Wildman–Crippen MR) is 66.6 cm³/mol. The van der Waals surface area contributed by atoms with E-state index >= 15 is 0 Å². The van der Waals surface area contributed by atoms with E-state index in [0.29, 0.717) is 5.56 Å². The van der Waals surface area contributed by atoms with Gasteiger partial charge in [0.15, 0.2) is 0 Å². The van der Waals surface area contributed by atoms with Gasteiger partial charge in [0.05, 0.1) is 5.52 Å². The molecule has 0 bridgehead atoms. The number of nitrogens with one attached hydrogen (secondary N) is 1. The highest BCUT2D eigenvalue weighted by Gasteiger charge is 2.09. The molecule has 2 rings (SSSR count). The molecular formula is C13H16N2O. The Kier molecular flexibility index (Phi) is 2.56. The molecule has 1 atom stereocenters. The minimum Gasteiger partial charge on any atom is -0.324 e. The molecule has 0 saturated heterocycles. The maximum Gasteiger partial charge on any atom is 0.253 e. The number of aromatic nitrogens is 1. The third-order valence-corrected chi connectivity index (χ3v) is 2.96. The number of benzene rings is 1. The van der Waals surface area contributed by atoms with Gasteiger partial charge in [-0.25, -0.2) is 0 Å². The van der Waals surface area contributed by atoms with Crippen molar-refractivity contribution in [2.45, 2.75) is 26.8 Å². The fourth-order valence-electron chi connectivity index (χ4n) is 1.93. The topological polar surface area (TPSA) is 58.9 Å². The maximum atomic E-state index is 11.8. The lowest BCUT2D eigenvalue weighted by Crippen LogP contribution is -2.19. The van der Waals surface area contributed by atoms with Crippen molar-refractivity contribution in [3.8, 4) is 0 Å². The fraction of sp³-hybridized carbons (Fsp3) is 0.308. The number of pyridine rings is 1. The number of aromatic amines is 1. The van der Waals surface area contributed by atoms with Crippen LogP contribution in [0.1, 0.15) is 29.7 Å². The maximum absolute atomic E-state index is 11.8. The molecule has 1 heterocycles. The van der Waals surface area contributed by atoms with E-state index in [1.165, 1.54) is 0 Å². The Hall–Kier alpha value is -1.61. The molecule has 2 aromatic rings. The van der Waals surface area contributed by atoms with Gasteiger partial charge >= 0.3 is 0 Å². The quantitative estimate of drug-likeness (QED) is 0.767. The molecule has 0 aliphatic heterocycles. The van der Waals surface area contributed by atoms with Crippen molar-refractivity contribution in [3.63, 3.8) is 0 Å². The first-order valence-corrected chi connectivity index (χ1v) is 5.39. The minimum atomic E-state index is -0.243. The first-order chi connectivity index (χ1) is 7.50. The number of hydrogen-bond donors (Lipinski definition) is 2. The first-order valence-electron chi connectivity index (χ1n) is 5.39. The normalized spacial score (nSPS) is 13.0. The number of nitrogens with two attached hydrogens (primary N) is 1. The van der Waals surface area contributed by atoms with Gasteiger partial charge < -0.3 is 10.7 Å². The Morgan fingerprint density at radius 1 is 1.25 bits per heavy atom. The summed E-state index contributed by atoms with van der Waals surface area (Å²) in [5, 5.41) is 1.08. The van der Waals surface area contributed by atoms with Gasteiger partial charge in [-0.2, -0.15) is 0 Å². The zero-order chi connectivity index (χ0) is 11.9. The van der Waals surface area contributed by atoms with Gasteiger partial charge in [-0.15, -0.1) is 0 Å². The van der Waals surface area contributed by atoms with Crippen LogP contribution in [-0.4, -0.2) is 4.98 Å². The molecule has 0 aliphatic carbocycles. The summed E-state index contributed by atoms with van der Waals surface area (Å²) in [5.41, 5.74) is 9.47. The highest BCUT2D eigenvalue weighted by molar-refractivity contribution is 5.85. The Balaban J connectivity index is 2.89. The molecule has 0 fully saturated rings. The van der Waals surface area contributed by atoms with E-state index in [-0.39, 0.29) is 11.6 Å². The zero-order valence-electron chi connectivity index (χ0n) is 9.79. The van der Waals surface area contributed by atoms with E-state index in [2.05, 4.69) is 11.1 Å². The number of aryl methyl sites for hydroxylation is 2. The summed E-state index contributed by atoms with van der Waals surface area (Å²) in [6.07, 6.45) is 0. The van der Waals surface area contributed by atoms with Crippen LogP contribution in [0.3, 0.4) is 0 Å². The molecule has 0 aliphatic rings. The third kappa shape index (κ3) is 1.63. The standard InChI is InChI=1S/C13H16N2O/c1-7-4-5-8(2)12-10(7)6-11(9(3)14)13(16)15-12/h4-6,9H,14H2,1-3H3,(H,15,16). The summed E-state index contributed by atoms with van der Waals surface area (Å²) in [6, 6.07) is 5.73. The van der Waals surface area contributed by atoms with Crippen LogP contribution in [0.15, 0.2) is 23.0 Å². The van der Waals surface area contributed by atoms with Gasteiger partial charge in [0, 0.05) is 17.0 Å². The summed E-state index contributed by atoms with van der Waals surface area (Å²) in [4.78, 5) is 14.7.